The van der Waals surface area contributed by atoms with Crippen LogP contribution in [-0.4, -0.2) is 17.7 Å². The highest BCUT2D eigenvalue weighted by atomic mass is 79.9. The fraction of sp³-hybridized carbons (Fsp3) is 0.300. The summed E-state index contributed by atoms with van der Waals surface area (Å²) >= 11 is 6.61. The molecule has 76 valence electrons. The molecule has 1 unspecified atom stereocenters. The summed E-state index contributed by atoms with van der Waals surface area (Å²) in [6.07, 6.45) is 5.50. The Kier molecular flexibility index (Phi) is 4.13. The van der Waals surface area contributed by atoms with Crippen molar-refractivity contribution in [3.63, 3.8) is 0 Å². The van der Waals surface area contributed by atoms with Gasteiger partial charge < -0.3 is 4.74 Å². The van der Waals surface area contributed by atoms with Crippen molar-refractivity contribution < 1.29 is 9.53 Å². The van der Waals surface area contributed by atoms with Gasteiger partial charge in [0.15, 0.2) is 5.76 Å². The molecule has 1 atom stereocenters. The third-order valence-corrected chi connectivity index (χ3v) is 2.53. The molecule has 14 heavy (non-hydrogen) atoms. The van der Waals surface area contributed by atoms with Crippen LogP contribution in [0, 0.1) is 0 Å². The van der Waals surface area contributed by atoms with E-state index >= 15 is 0 Å². The maximum Gasteiger partial charge on any atom is 0.234 e. The molecule has 0 aromatic carbocycles. The maximum atomic E-state index is 11.4. The van der Waals surface area contributed by atoms with Gasteiger partial charge in [0.05, 0.1) is 11.6 Å². The van der Waals surface area contributed by atoms with E-state index in [0.29, 0.717) is 10.2 Å². The van der Waals surface area contributed by atoms with Crippen molar-refractivity contribution in [1.82, 2.24) is 0 Å². The summed E-state index contributed by atoms with van der Waals surface area (Å²) in [6, 6.07) is 0. The Morgan fingerprint density at radius 3 is 2.64 bits per heavy atom. The zero-order valence-electron chi connectivity index (χ0n) is 7.88. The van der Waals surface area contributed by atoms with E-state index in [1.807, 2.05) is 13.0 Å². The first-order valence-corrected chi connectivity index (χ1v) is 5.79. The Bertz CT molecular complexity index is 338. The number of carbonyl (C=O) groups excluding carboxylic acids is 1. The number of methoxy groups -OCH3 is 1. The molecule has 0 aromatic heterocycles. The quantitative estimate of drug-likeness (QED) is 0.731. The molecule has 0 spiro atoms. The molecule has 0 radical (unpaired) electrons. The van der Waals surface area contributed by atoms with E-state index in [1.165, 1.54) is 7.11 Å². The van der Waals surface area contributed by atoms with Crippen LogP contribution >= 0.6 is 31.9 Å². The zero-order valence-corrected chi connectivity index (χ0v) is 11.1. The minimum atomic E-state index is -0.119. The van der Waals surface area contributed by atoms with Gasteiger partial charge in [-0.05, 0) is 40.6 Å². The van der Waals surface area contributed by atoms with Gasteiger partial charge in [-0.3, -0.25) is 4.79 Å². The third kappa shape index (κ3) is 2.82. The third-order valence-electron chi connectivity index (χ3n) is 1.67. The Labute approximate surface area is 100.0 Å². The molecular formula is C10H10Br2O2. The molecule has 0 bridgehead atoms. The molecule has 0 fully saturated rings. The molecular weight excluding hydrogens is 312 g/mol. The van der Waals surface area contributed by atoms with Crippen molar-refractivity contribution in [3.8, 4) is 0 Å². The smallest absolute Gasteiger partial charge is 0.234 e. The van der Waals surface area contributed by atoms with Gasteiger partial charge in [0.1, 0.15) is 0 Å². The van der Waals surface area contributed by atoms with Gasteiger partial charge in [-0.1, -0.05) is 22.0 Å². The second-order valence-electron chi connectivity index (χ2n) is 2.88. The van der Waals surface area contributed by atoms with Crippen molar-refractivity contribution in [2.75, 3.05) is 7.11 Å². The van der Waals surface area contributed by atoms with Gasteiger partial charge >= 0.3 is 0 Å². The van der Waals surface area contributed by atoms with Crippen molar-refractivity contribution in [2.24, 2.45) is 0 Å². The average molecular weight is 322 g/mol. The Morgan fingerprint density at radius 2 is 2.14 bits per heavy atom. The number of rotatable bonds is 2. The number of allylic oxidation sites excluding steroid dienone is 5. The molecule has 0 N–H and O–H groups in total. The van der Waals surface area contributed by atoms with E-state index in [0.717, 1.165) is 5.57 Å². The van der Waals surface area contributed by atoms with E-state index in [4.69, 9.17) is 4.74 Å². The molecule has 0 heterocycles. The van der Waals surface area contributed by atoms with Crippen LogP contribution < -0.4 is 0 Å². The van der Waals surface area contributed by atoms with Gasteiger partial charge in [-0.15, -0.1) is 0 Å². The fourth-order valence-corrected chi connectivity index (χ4v) is 1.87. The summed E-state index contributed by atoms with van der Waals surface area (Å²) in [4.78, 5) is 11.7. The first kappa shape index (κ1) is 11.7. The van der Waals surface area contributed by atoms with Crippen LogP contribution in [0.3, 0.4) is 0 Å². The monoisotopic (exact) mass is 320 g/mol. The first-order chi connectivity index (χ1) is 6.54. The van der Waals surface area contributed by atoms with E-state index in [-0.39, 0.29) is 10.6 Å². The lowest BCUT2D eigenvalue weighted by atomic mass is 10.1. The lowest BCUT2D eigenvalue weighted by Gasteiger charge is -2.11. The fourth-order valence-electron chi connectivity index (χ4n) is 1.10. The van der Waals surface area contributed by atoms with Gasteiger partial charge in [0.25, 0.3) is 0 Å². The second kappa shape index (κ2) is 4.94. The molecule has 4 heteroatoms. The number of hydrogen-bond donors (Lipinski definition) is 0. The molecule has 1 rings (SSSR count). The molecule has 2 nitrogen and oxygen atoms in total. The SMILES string of the molecule is COC1=C/C(=C\C(C)Br)C=C(Br)C1=O. The van der Waals surface area contributed by atoms with E-state index < -0.39 is 0 Å². The molecule has 0 aromatic rings. The first-order valence-electron chi connectivity index (χ1n) is 4.08. The summed E-state index contributed by atoms with van der Waals surface area (Å²) < 4.78 is 5.49. The number of ketones is 1. The van der Waals surface area contributed by atoms with E-state index in [2.05, 4.69) is 31.9 Å². The molecule has 0 amide bonds. The summed E-state index contributed by atoms with van der Waals surface area (Å²) in [5, 5.41) is 0. The van der Waals surface area contributed by atoms with Gasteiger partial charge in [-0.25, -0.2) is 0 Å². The topological polar surface area (TPSA) is 26.3 Å². The number of alkyl halides is 1. The van der Waals surface area contributed by atoms with Crippen molar-refractivity contribution in [1.29, 1.82) is 0 Å². The van der Waals surface area contributed by atoms with E-state index in [1.54, 1.807) is 12.2 Å². The highest BCUT2D eigenvalue weighted by Gasteiger charge is 2.18. The standard InChI is InChI=1S/C10H10Br2O2/c1-6(11)3-7-4-8(12)10(13)9(5-7)14-2/h3-6H,1-2H3/b7-3-. The van der Waals surface area contributed by atoms with Crippen LogP contribution in [0.25, 0.3) is 0 Å². The predicted octanol–water partition coefficient (Wildman–Crippen LogP) is 3.09. The van der Waals surface area contributed by atoms with Crippen molar-refractivity contribution >= 4 is 37.6 Å². The van der Waals surface area contributed by atoms with Crippen LogP contribution in [0.15, 0.2) is 34.0 Å². The van der Waals surface area contributed by atoms with Crippen LogP contribution in [0.4, 0.5) is 0 Å². The number of Topliss-reactive ketones (excluding diaryl/α,β-unsaturated/α-hetero) is 1. The molecule has 0 aliphatic heterocycles. The normalized spacial score (nSPS) is 21.7. The Morgan fingerprint density at radius 1 is 1.50 bits per heavy atom. The summed E-state index contributed by atoms with van der Waals surface area (Å²) in [7, 11) is 1.49. The van der Waals surface area contributed by atoms with Crippen molar-refractivity contribution in [2.45, 2.75) is 11.8 Å². The summed E-state index contributed by atoms with van der Waals surface area (Å²) in [5.74, 6) is 0.241. The van der Waals surface area contributed by atoms with Gasteiger partial charge in [0.2, 0.25) is 5.78 Å². The minimum absolute atomic E-state index is 0.119. The van der Waals surface area contributed by atoms with Gasteiger partial charge in [0, 0.05) is 4.83 Å². The Hall–Kier alpha value is -0.350. The zero-order chi connectivity index (χ0) is 10.7. The minimum Gasteiger partial charge on any atom is -0.493 e. The number of hydrogen-bond acceptors (Lipinski definition) is 2. The number of carbonyl (C=O) groups is 1. The number of ether oxygens (including phenoxy) is 1. The molecule has 0 saturated heterocycles. The molecule has 0 saturated carbocycles. The lowest BCUT2D eigenvalue weighted by molar-refractivity contribution is -0.114. The van der Waals surface area contributed by atoms with Crippen LogP contribution in [0.5, 0.6) is 0 Å². The number of halogens is 2. The summed E-state index contributed by atoms with van der Waals surface area (Å²) in [6.45, 7) is 2.01. The maximum absolute atomic E-state index is 11.4. The van der Waals surface area contributed by atoms with Crippen molar-refractivity contribution in [3.05, 3.63) is 34.0 Å². The predicted molar refractivity (Wildman–Crippen MR) is 63.6 cm³/mol. The van der Waals surface area contributed by atoms with Crippen LogP contribution in [0.2, 0.25) is 0 Å². The molecule has 1 aliphatic carbocycles. The van der Waals surface area contributed by atoms with Gasteiger partial charge in [-0.2, -0.15) is 0 Å². The molecule has 1 aliphatic rings. The average Bonchev–Trinajstić information content (AvgIpc) is 2.10. The highest BCUT2D eigenvalue weighted by Crippen LogP contribution is 2.24. The Balaban J connectivity index is 3.02. The van der Waals surface area contributed by atoms with E-state index in [9.17, 15) is 4.79 Å². The lowest BCUT2D eigenvalue weighted by Crippen LogP contribution is -2.09. The highest BCUT2D eigenvalue weighted by molar-refractivity contribution is 9.12. The van der Waals surface area contributed by atoms with Crippen LogP contribution in [-0.2, 0) is 9.53 Å². The second-order valence-corrected chi connectivity index (χ2v) is 5.18. The summed E-state index contributed by atoms with van der Waals surface area (Å²) in [5.41, 5.74) is 0.956. The van der Waals surface area contributed by atoms with Crippen LogP contribution in [0.1, 0.15) is 6.92 Å². The largest absolute Gasteiger partial charge is 0.493 e.